The number of amides is 11. The fourth-order valence-corrected chi connectivity index (χ4v) is 13.7. The van der Waals surface area contributed by atoms with Crippen LogP contribution in [0.5, 0.6) is 5.75 Å². The van der Waals surface area contributed by atoms with Crippen molar-refractivity contribution in [1.29, 1.82) is 0 Å². The summed E-state index contributed by atoms with van der Waals surface area (Å²) >= 11 is 0. The Bertz CT molecular complexity index is 3790. The van der Waals surface area contributed by atoms with Gasteiger partial charge in [-0.05, 0) is 129 Å². The second kappa shape index (κ2) is 34.9. The van der Waals surface area contributed by atoms with Crippen LogP contribution in [-0.2, 0) is 103 Å². The maximum Gasteiger partial charge on any atom is 0.246 e. The Morgan fingerprint density at radius 2 is 1.45 bits per heavy atom. The van der Waals surface area contributed by atoms with Gasteiger partial charge in [0.2, 0.25) is 65.0 Å². The van der Waals surface area contributed by atoms with Crippen LogP contribution in [0.1, 0.15) is 132 Å². The SMILES string of the molecule is CC[C@H](NC(C)=O)C(=O)N[C@@H](Cc1ccc(OC)cc1)C(=O)N1CCC[C@@]1(C)C(=O)NCCc1ccc(CN2CCCCCCn3cc(c4cc(F)ccc43)C[C@@H]3NC(=O)[C@H](Cc4cccc(c4)CNC(=O)CO[C@H]4CCN(C3=O)C4C)NC(=O)CNC(=O)[C@H](C)NC(=O)CCC2=O)cc1. The summed E-state index contributed by atoms with van der Waals surface area (Å²) in [4.78, 5) is 157. The molecule has 5 aromatic rings. The molecule has 1 aromatic heterocycles. The van der Waals surface area contributed by atoms with Crippen molar-refractivity contribution in [2.75, 3.05) is 46.4 Å². The Hall–Kier alpha value is -9.72. The summed E-state index contributed by atoms with van der Waals surface area (Å²) < 4.78 is 28.7. The molecule has 8 bridgehead atoms. The van der Waals surface area contributed by atoms with Crippen LogP contribution >= 0.6 is 0 Å². The molecule has 26 heteroatoms. The molecule has 2 saturated heterocycles. The van der Waals surface area contributed by atoms with Crippen molar-refractivity contribution in [1.82, 2.24) is 61.8 Å². The molecule has 4 aliphatic rings. The van der Waals surface area contributed by atoms with E-state index >= 15 is 4.39 Å². The summed E-state index contributed by atoms with van der Waals surface area (Å²) in [5.74, 6) is -5.31. The van der Waals surface area contributed by atoms with E-state index in [0.29, 0.717) is 92.4 Å². The minimum Gasteiger partial charge on any atom is -0.497 e. The van der Waals surface area contributed by atoms with E-state index in [1.807, 2.05) is 42.0 Å². The van der Waals surface area contributed by atoms with Gasteiger partial charge in [0.05, 0.1) is 25.8 Å². The van der Waals surface area contributed by atoms with Crippen molar-refractivity contribution in [2.24, 2.45) is 0 Å². The molecule has 4 aromatic carbocycles. The molecule has 2 fully saturated rings. The smallest absolute Gasteiger partial charge is 0.246 e. The molecule has 536 valence electrons. The van der Waals surface area contributed by atoms with Gasteiger partial charge in [-0.1, -0.05) is 80.4 Å². The zero-order valence-electron chi connectivity index (χ0n) is 58.0. The van der Waals surface area contributed by atoms with Gasteiger partial charge in [0.25, 0.3) is 0 Å². The van der Waals surface area contributed by atoms with Crippen LogP contribution in [0.4, 0.5) is 4.39 Å². The van der Waals surface area contributed by atoms with Crippen LogP contribution in [-0.4, -0.2) is 179 Å². The minimum atomic E-state index is -1.29. The highest BCUT2D eigenvalue weighted by molar-refractivity contribution is 5.98. The fourth-order valence-electron chi connectivity index (χ4n) is 13.7. The topological polar surface area (TPSA) is 317 Å². The first-order valence-electron chi connectivity index (χ1n) is 34.9. The van der Waals surface area contributed by atoms with Gasteiger partial charge < -0.3 is 71.3 Å². The third-order valence-corrected chi connectivity index (χ3v) is 19.4. The molecule has 100 heavy (non-hydrogen) atoms. The van der Waals surface area contributed by atoms with E-state index in [0.717, 1.165) is 35.0 Å². The lowest BCUT2D eigenvalue weighted by Gasteiger charge is -2.36. The van der Waals surface area contributed by atoms with E-state index in [9.17, 15) is 52.7 Å². The molecule has 0 radical (unpaired) electrons. The van der Waals surface area contributed by atoms with E-state index in [1.165, 1.54) is 26.0 Å². The first-order valence-corrected chi connectivity index (χ1v) is 34.9. The average Bonchev–Trinajstić information content (AvgIpc) is 1.58. The number of ether oxygens (including phenoxy) is 2. The molecule has 0 aliphatic carbocycles. The van der Waals surface area contributed by atoms with E-state index in [2.05, 4.69) is 42.5 Å². The third kappa shape index (κ3) is 19.8. The normalized spacial score (nSPS) is 22.7. The number of halogens is 1. The summed E-state index contributed by atoms with van der Waals surface area (Å²) in [6, 6.07) is 20.3. The molecule has 9 rings (SSSR count). The number of fused-ring (bicyclic) bond motifs is 12. The Labute approximate surface area is 582 Å². The first kappa shape index (κ1) is 74.5. The van der Waals surface area contributed by atoms with Gasteiger partial charge in [-0.15, -0.1) is 0 Å². The number of likely N-dealkylation sites (tertiary alicyclic amines) is 1. The lowest BCUT2D eigenvalue weighted by Crippen LogP contribution is -2.61. The standard InChI is InChI=1S/C74H95FN12O13/c1-7-58(80-48(4)88)69(94)82-60(37-50-20-23-56(99-6)24-21-50)72(97)87-34-13-30-74(87,5)73(98)76-31-28-49-16-18-51(19-17-49)43-85-33-11-9-8-10-32-84-44-54(57-40-55(75)22-25-62(57)84)39-61-71(96)86-35-29-63(47(86)3)100-45-66(91)77-41-53-15-12-14-52(36-53)38-59(70(95)83-61)81-65(90)42-78-68(93)46(2)79-64(89)26-27-67(85)92/h12,14-25,36,40,44,46-47,58-61,63H,7-11,13,26-35,37-39,41-43,45H2,1-6H3,(H,76,98)(H,77,91)(H,78,93)(H,79,89)(H,80,88)(H,81,90)(H,82,94)(H,83,95)/t46-,47?,58-,59-,60-,61-,63-,74-/m0/s1. The van der Waals surface area contributed by atoms with Crippen molar-refractivity contribution < 1.29 is 66.6 Å². The van der Waals surface area contributed by atoms with Crippen LogP contribution in [0.25, 0.3) is 10.9 Å². The second-order valence-corrected chi connectivity index (χ2v) is 26.8. The van der Waals surface area contributed by atoms with Gasteiger partial charge in [0.1, 0.15) is 53.9 Å². The number of hydrogen-bond acceptors (Lipinski definition) is 13. The number of aryl methyl sites for hydroxylation is 1. The Balaban J connectivity index is 0.877. The van der Waals surface area contributed by atoms with E-state index in [4.69, 9.17) is 9.47 Å². The van der Waals surface area contributed by atoms with Crippen molar-refractivity contribution in [2.45, 2.75) is 192 Å². The van der Waals surface area contributed by atoms with Crippen LogP contribution in [0.3, 0.4) is 0 Å². The molecule has 25 nitrogen and oxygen atoms in total. The maximum atomic E-state index is 15.3. The molecule has 8 atom stereocenters. The van der Waals surface area contributed by atoms with Crippen molar-refractivity contribution >= 4 is 75.9 Å². The summed E-state index contributed by atoms with van der Waals surface area (Å²) in [5, 5.41) is 22.9. The van der Waals surface area contributed by atoms with Crippen molar-refractivity contribution in [3.63, 3.8) is 0 Å². The summed E-state index contributed by atoms with van der Waals surface area (Å²) in [6.07, 6.45) is 5.90. The monoisotopic (exact) mass is 1380 g/mol. The lowest BCUT2D eigenvalue weighted by molar-refractivity contribution is -0.146. The maximum absolute atomic E-state index is 15.3. The minimum absolute atomic E-state index is 0.0534. The van der Waals surface area contributed by atoms with Gasteiger partial charge in [0.15, 0.2) is 0 Å². The Kier molecular flexibility index (Phi) is 26.0. The van der Waals surface area contributed by atoms with Gasteiger partial charge in [-0.2, -0.15) is 0 Å². The largest absolute Gasteiger partial charge is 0.497 e. The van der Waals surface area contributed by atoms with Crippen LogP contribution < -0.4 is 47.3 Å². The number of benzene rings is 4. The van der Waals surface area contributed by atoms with Crippen LogP contribution in [0, 0.1) is 5.82 Å². The summed E-state index contributed by atoms with van der Waals surface area (Å²) in [5.41, 5.74) is 3.90. The number of nitrogens with one attached hydrogen (secondary N) is 8. The molecule has 5 heterocycles. The second-order valence-electron chi connectivity index (χ2n) is 26.8. The Morgan fingerprint density at radius 1 is 0.720 bits per heavy atom. The number of nitrogens with zero attached hydrogens (tertiary/aromatic N) is 4. The number of carbonyl (C=O) groups is 11. The molecule has 0 spiro atoms. The highest BCUT2D eigenvalue weighted by Gasteiger charge is 2.48. The zero-order chi connectivity index (χ0) is 71.6. The molecular weight excluding hydrogens is 1280 g/mol. The highest BCUT2D eigenvalue weighted by atomic mass is 19.1. The van der Waals surface area contributed by atoms with Gasteiger partial charge >= 0.3 is 0 Å². The number of hydrogen-bond donors (Lipinski definition) is 8. The molecule has 11 amide bonds. The lowest BCUT2D eigenvalue weighted by atomic mass is 9.95. The first-order chi connectivity index (χ1) is 48.0. The predicted octanol–water partition coefficient (Wildman–Crippen LogP) is 3.87. The van der Waals surface area contributed by atoms with Gasteiger partial charge in [0, 0.05) is 102 Å². The van der Waals surface area contributed by atoms with Crippen molar-refractivity contribution in [3.8, 4) is 5.75 Å². The summed E-state index contributed by atoms with van der Waals surface area (Å²) in [7, 11) is 1.55. The zero-order valence-corrected chi connectivity index (χ0v) is 58.0. The quantitative estimate of drug-likeness (QED) is 0.0784. The molecule has 8 N–H and O–H groups in total. The number of rotatable bonds is 14. The highest BCUT2D eigenvalue weighted by Crippen LogP contribution is 2.32. The molecule has 4 aliphatic heterocycles. The average molecular weight is 1380 g/mol. The third-order valence-electron chi connectivity index (χ3n) is 19.4. The van der Waals surface area contributed by atoms with Gasteiger partial charge in [-0.25, -0.2) is 4.39 Å². The van der Waals surface area contributed by atoms with Crippen LogP contribution in [0.15, 0.2) is 97.2 Å². The Morgan fingerprint density at radius 3 is 2.19 bits per heavy atom. The fraction of sp³-hybridized carbons (Fsp3) is 0.500. The van der Waals surface area contributed by atoms with E-state index in [-0.39, 0.29) is 88.5 Å². The predicted molar refractivity (Wildman–Crippen MR) is 370 cm³/mol. The van der Waals surface area contributed by atoms with Crippen LogP contribution in [0.2, 0.25) is 0 Å². The van der Waals surface area contributed by atoms with Crippen molar-refractivity contribution in [3.05, 3.63) is 136 Å². The number of aromatic nitrogens is 1. The van der Waals surface area contributed by atoms with E-state index in [1.54, 1.807) is 90.3 Å². The van der Waals surface area contributed by atoms with E-state index < -0.39 is 102 Å². The molecule has 1 unspecified atom stereocenters. The number of methoxy groups -OCH3 is 1. The molecule has 0 saturated carbocycles. The van der Waals surface area contributed by atoms with Gasteiger partial charge in [-0.3, -0.25) is 52.7 Å². The summed E-state index contributed by atoms with van der Waals surface area (Å²) in [6.45, 7) is 9.31. The molecular formula is C74H95FN12O13. The number of carbonyl (C=O) groups excluding carboxylic acids is 11.